The van der Waals surface area contributed by atoms with Crippen LogP contribution < -0.4 is 0 Å². The number of hydrogen-bond acceptors (Lipinski definition) is 2. The molecule has 0 fully saturated rings. The Kier molecular flexibility index (Phi) is 2.88. The molecule has 94 valence electrons. The molecule has 0 amide bonds. The number of hydrogen-bond donors (Lipinski definition) is 0. The standard InChI is InChI=1S/C16H11FO2/c17-13-7-3-1-5-11(13)9-14(18)16-10-12-6-2-4-8-15(12)19-16/h1-8,10H,9H2. The molecule has 0 atom stereocenters. The normalized spacial score (nSPS) is 10.8. The van der Waals surface area contributed by atoms with E-state index in [-0.39, 0.29) is 23.8 Å². The van der Waals surface area contributed by atoms with Crippen LogP contribution in [0.4, 0.5) is 4.39 Å². The van der Waals surface area contributed by atoms with Crippen LogP contribution in [0.25, 0.3) is 11.0 Å². The first-order chi connectivity index (χ1) is 9.24. The molecule has 1 aromatic heterocycles. The van der Waals surface area contributed by atoms with Crippen molar-refractivity contribution in [2.24, 2.45) is 0 Å². The van der Waals surface area contributed by atoms with Gasteiger partial charge in [-0.15, -0.1) is 0 Å². The van der Waals surface area contributed by atoms with E-state index in [1.54, 1.807) is 30.3 Å². The zero-order chi connectivity index (χ0) is 13.2. The van der Waals surface area contributed by atoms with Gasteiger partial charge in [0.15, 0.2) is 5.76 Å². The molecule has 0 aliphatic heterocycles. The van der Waals surface area contributed by atoms with E-state index in [2.05, 4.69) is 0 Å². The van der Waals surface area contributed by atoms with E-state index in [1.807, 2.05) is 18.2 Å². The maximum atomic E-state index is 13.5. The number of furan rings is 1. The van der Waals surface area contributed by atoms with Crippen molar-refractivity contribution in [3.63, 3.8) is 0 Å². The van der Waals surface area contributed by atoms with Gasteiger partial charge in [-0.3, -0.25) is 4.79 Å². The molecule has 0 saturated heterocycles. The molecule has 0 bridgehead atoms. The Balaban J connectivity index is 1.90. The largest absolute Gasteiger partial charge is 0.453 e. The van der Waals surface area contributed by atoms with E-state index in [0.29, 0.717) is 11.1 Å². The Morgan fingerprint density at radius 3 is 2.58 bits per heavy atom. The third-order valence-electron chi connectivity index (χ3n) is 3.01. The van der Waals surface area contributed by atoms with Crippen molar-refractivity contribution < 1.29 is 13.6 Å². The van der Waals surface area contributed by atoms with Crippen LogP contribution in [0.2, 0.25) is 0 Å². The topological polar surface area (TPSA) is 30.2 Å². The molecule has 0 saturated carbocycles. The molecule has 2 aromatic carbocycles. The van der Waals surface area contributed by atoms with Crippen LogP contribution in [0.3, 0.4) is 0 Å². The summed E-state index contributed by atoms with van der Waals surface area (Å²) in [5.74, 6) is -0.322. The molecule has 1 heterocycles. The van der Waals surface area contributed by atoms with E-state index in [4.69, 9.17) is 4.42 Å². The van der Waals surface area contributed by atoms with Gasteiger partial charge in [0.25, 0.3) is 0 Å². The maximum Gasteiger partial charge on any atom is 0.202 e. The van der Waals surface area contributed by atoms with Gasteiger partial charge in [0.05, 0.1) is 0 Å². The van der Waals surface area contributed by atoms with E-state index < -0.39 is 0 Å². The number of ketones is 1. The fourth-order valence-electron chi connectivity index (χ4n) is 2.02. The second-order valence-electron chi connectivity index (χ2n) is 4.34. The molecule has 3 rings (SSSR count). The van der Waals surface area contributed by atoms with Crippen LogP contribution in [-0.4, -0.2) is 5.78 Å². The predicted molar refractivity (Wildman–Crippen MR) is 70.6 cm³/mol. The quantitative estimate of drug-likeness (QED) is 0.661. The Hall–Kier alpha value is -2.42. The van der Waals surface area contributed by atoms with Crippen molar-refractivity contribution in [3.05, 3.63) is 71.7 Å². The van der Waals surface area contributed by atoms with Crippen LogP contribution in [0.15, 0.2) is 59.0 Å². The van der Waals surface area contributed by atoms with Crippen molar-refractivity contribution in [2.75, 3.05) is 0 Å². The number of benzene rings is 2. The first kappa shape index (κ1) is 11.7. The van der Waals surface area contributed by atoms with Gasteiger partial charge in [0.1, 0.15) is 11.4 Å². The highest BCUT2D eigenvalue weighted by molar-refractivity contribution is 5.98. The second-order valence-corrected chi connectivity index (χ2v) is 4.34. The van der Waals surface area contributed by atoms with E-state index in [9.17, 15) is 9.18 Å². The molecule has 3 aromatic rings. The Morgan fingerprint density at radius 2 is 1.79 bits per heavy atom. The van der Waals surface area contributed by atoms with Crippen molar-refractivity contribution in [2.45, 2.75) is 6.42 Å². The summed E-state index contributed by atoms with van der Waals surface area (Å²) in [5.41, 5.74) is 1.05. The molecular weight excluding hydrogens is 243 g/mol. The van der Waals surface area contributed by atoms with Gasteiger partial charge in [-0.1, -0.05) is 36.4 Å². The van der Waals surface area contributed by atoms with E-state index in [0.717, 1.165) is 5.39 Å². The molecule has 0 unspecified atom stereocenters. The summed E-state index contributed by atoms with van der Waals surface area (Å²) >= 11 is 0. The summed E-state index contributed by atoms with van der Waals surface area (Å²) in [6.07, 6.45) is 0.00644. The smallest absolute Gasteiger partial charge is 0.202 e. The minimum atomic E-state index is -0.369. The Labute approximate surface area is 109 Å². The van der Waals surface area contributed by atoms with Crippen LogP contribution in [0, 0.1) is 5.82 Å². The number of para-hydroxylation sites is 1. The Morgan fingerprint density at radius 1 is 1.05 bits per heavy atom. The number of halogens is 1. The number of fused-ring (bicyclic) bond motifs is 1. The zero-order valence-corrected chi connectivity index (χ0v) is 10.1. The number of carbonyl (C=O) groups excluding carboxylic acids is 1. The average Bonchev–Trinajstić information content (AvgIpc) is 2.85. The lowest BCUT2D eigenvalue weighted by Crippen LogP contribution is -2.03. The average molecular weight is 254 g/mol. The minimum Gasteiger partial charge on any atom is -0.453 e. The van der Waals surface area contributed by atoms with E-state index in [1.165, 1.54) is 6.07 Å². The Bertz CT molecular complexity index is 710. The van der Waals surface area contributed by atoms with Gasteiger partial charge in [0.2, 0.25) is 5.78 Å². The number of rotatable bonds is 3. The van der Waals surface area contributed by atoms with Crippen molar-refractivity contribution >= 4 is 16.8 Å². The van der Waals surface area contributed by atoms with Gasteiger partial charge < -0.3 is 4.42 Å². The summed E-state index contributed by atoms with van der Waals surface area (Å²) < 4.78 is 19.0. The first-order valence-electron chi connectivity index (χ1n) is 5.99. The van der Waals surface area contributed by atoms with Gasteiger partial charge >= 0.3 is 0 Å². The monoisotopic (exact) mass is 254 g/mol. The van der Waals surface area contributed by atoms with Crippen molar-refractivity contribution in [3.8, 4) is 0 Å². The fraction of sp³-hybridized carbons (Fsp3) is 0.0625. The van der Waals surface area contributed by atoms with Crippen LogP contribution in [0.5, 0.6) is 0 Å². The fourth-order valence-corrected chi connectivity index (χ4v) is 2.02. The van der Waals surface area contributed by atoms with Gasteiger partial charge in [-0.05, 0) is 23.8 Å². The van der Waals surface area contributed by atoms with Gasteiger partial charge in [-0.25, -0.2) is 4.39 Å². The highest BCUT2D eigenvalue weighted by atomic mass is 19.1. The molecule has 0 aliphatic rings. The predicted octanol–water partition coefficient (Wildman–Crippen LogP) is 4.00. The summed E-state index contributed by atoms with van der Waals surface area (Å²) in [4.78, 5) is 12.1. The summed E-state index contributed by atoms with van der Waals surface area (Å²) in [7, 11) is 0. The summed E-state index contributed by atoms with van der Waals surface area (Å²) in [5, 5.41) is 0.874. The highest BCUT2D eigenvalue weighted by Gasteiger charge is 2.14. The molecule has 0 N–H and O–H groups in total. The summed E-state index contributed by atoms with van der Waals surface area (Å²) in [6.45, 7) is 0. The van der Waals surface area contributed by atoms with Crippen LogP contribution >= 0.6 is 0 Å². The molecule has 0 radical (unpaired) electrons. The third-order valence-corrected chi connectivity index (χ3v) is 3.01. The lowest BCUT2D eigenvalue weighted by Gasteiger charge is -2.00. The SMILES string of the molecule is O=C(Cc1ccccc1F)c1cc2ccccc2o1. The zero-order valence-electron chi connectivity index (χ0n) is 10.1. The molecule has 19 heavy (non-hydrogen) atoms. The summed E-state index contributed by atoms with van der Waals surface area (Å²) in [6, 6.07) is 15.4. The first-order valence-corrected chi connectivity index (χ1v) is 5.99. The van der Waals surface area contributed by atoms with Crippen LogP contribution in [-0.2, 0) is 6.42 Å². The molecular formula is C16H11FO2. The second kappa shape index (κ2) is 4.69. The van der Waals surface area contributed by atoms with E-state index >= 15 is 0 Å². The molecule has 0 aliphatic carbocycles. The lowest BCUT2D eigenvalue weighted by molar-refractivity contribution is 0.0967. The lowest BCUT2D eigenvalue weighted by atomic mass is 10.1. The number of carbonyl (C=O) groups is 1. The molecule has 3 heteroatoms. The highest BCUT2D eigenvalue weighted by Crippen LogP contribution is 2.20. The van der Waals surface area contributed by atoms with Gasteiger partial charge in [-0.2, -0.15) is 0 Å². The van der Waals surface area contributed by atoms with Gasteiger partial charge in [0, 0.05) is 11.8 Å². The molecule has 2 nitrogen and oxygen atoms in total. The third kappa shape index (κ3) is 2.27. The molecule has 0 spiro atoms. The van der Waals surface area contributed by atoms with Crippen molar-refractivity contribution in [1.82, 2.24) is 0 Å². The number of Topliss-reactive ketones (excluding diaryl/α,β-unsaturated/α-hetero) is 1. The maximum absolute atomic E-state index is 13.5. The minimum absolute atomic E-state index is 0.00644. The van der Waals surface area contributed by atoms with Crippen LogP contribution in [0.1, 0.15) is 16.1 Å². The van der Waals surface area contributed by atoms with Crippen molar-refractivity contribution in [1.29, 1.82) is 0 Å².